The number of hydrogen-bond acceptors (Lipinski definition) is 3. The summed E-state index contributed by atoms with van der Waals surface area (Å²) < 4.78 is 0. The van der Waals surface area contributed by atoms with Gasteiger partial charge in [-0.3, -0.25) is 4.99 Å². The largest absolute Gasteiger partial charge is 0.388 e. The van der Waals surface area contributed by atoms with E-state index in [4.69, 9.17) is 4.99 Å². The monoisotopic (exact) mass is 408 g/mol. The van der Waals surface area contributed by atoms with Gasteiger partial charge in [0, 0.05) is 27.9 Å². The fourth-order valence-electron chi connectivity index (χ4n) is 4.21. The lowest BCUT2D eigenvalue weighted by Gasteiger charge is -2.22. The smallest absolute Gasteiger partial charge is 0.0681 e. The zero-order valence-electron chi connectivity index (χ0n) is 17.4. The molecule has 0 fully saturated rings. The molecule has 4 aromatic rings. The van der Waals surface area contributed by atoms with E-state index >= 15 is 0 Å². The molecule has 0 atom stereocenters. The zero-order chi connectivity index (χ0) is 20.7. The molecule has 0 aliphatic carbocycles. The first-order chi connectivity index (χ1) is 14.6. The topological polar surface area (TPSA) is 24.4 Å². The van der Waals surface area contributed by atoms with E-state index in [9.17, 15) is 0 Å². The van der Waals surface area contributed by atoms with Crippen LogP contribution in [0.4, 0.5) is 11.4 Å². The summed E-state index contributed by atoms with van der Waals surface area (Å²) in [4.78, 5) is 7.50. The third-order valence-corrected chi connectivity index (χ3v) is 7.00. The number of anilines is 1. The number of allylic oxidation sites excluding steroid dienone is 1. The Kier molecular flexibility index (Phi) is 4.56. The molecule has 0 saturated carbocycles. The van der Waals surface area contributed by atoms with Crippen LogP contribution in [0, 0.1) is 0 Å². The molecular weight excluding hydrogens is 384 g/mol. The number of aliphatic imine (C=N–C) groups is 1. The van der Waals surface area contributed by atoms with Gasteiger partial charge in [0.25, 0.3) is 0 Å². The van der Waals surface area contributed by atoms with Gasteiger partial charge in [0.15, 0.2) is 0 Å². The number of nitrogens with zero attached hydrogens (tertiary/aromatic N) is 1. The third kappa shape index (κ3) is 3.16. The van der Waals surface area contributed by atoms with Crippen LogP contribution in [0.1, 0.15) is 24.3 Å². The van der Waals surface area contributed by atoms with E-state index in [0.717, 1.165) is 17.1 Å². The molecule has 0 saturated heterocycles. The van der Waals surface area contributed by atoms with Crippen LogP contribution in [0.2, 0.25) is 0 Å². The minimum absolute atomic E-state index is 0.115. The molecule has 1 aliphatic rings. The predicted molar refractivity (Wildman–Crippen MR) is 132 cm³/mol. The maximum Gasteiger partial charge on any atom is 0.0681 e. The minimum atomic E-state index is -0.115. The van der Waals surface area contributed by atoms with Crippen LogP contribution < -0.4 is 5.32 Å². The van der Waals surface area contributed by atoms with Crippen molar-refractivity contribution >= 4 is 45.3 Å². The average molecular weight is 409 g/mol. The van der Waals surface area contributed by atoms with Crippen molar-refractivity contribution in [3.05, 3.63) is 89.3 Å². The van der Waals surface area contributed by atoms with Gasteiger partial charge in [-0.2, -0.15) is 0 Å². The first-order valence-electron chi connectivity index (χ1n) is 10.2. The van der Waals surface area contributed by atoms with E-state index < -0.39 is 0 Å². The Morgan fingerprint density at radius 3 is 2.47 bits per heavy atom. The number of hydrogen-bond donors (Lipinski definition) is 1. The highest BCUT2D eigenvalue weighted by atomic mass is 32.1. The van der Waals surface area contributed by atoms with Crippen molar-refractivity contribution in [1.82, 2.24) is 0 Å². The Bertz CT molecular complexity index is 1290. The van der Waals surface area contributed by atoms with Crippen LogP contribution in [0.3, 0.4) is 0 Å². The SMILES string of the molecule is CNc1ccc(-c2ccc(C=CC3=Nc4ccc5ccccc5c4C3(C)C)s2)cc1. The predicted octanol–water partition coefficient (Wildman–Crippen LogP) is 7.69. The van der Waals surface area contributed by atoms with Crippen LogP contribution in [-0.2, 0) is 5.41 Å². The van der Waals surface area contributed by atoms with Crippen LogP contribution in [0.5, 0.6) is 0 Å². The van der Waals surface area contributed by atoms with Crippen LogP contribution in [0.25, 0.3) is 27.3 Å². The summed E-state index contributed by atoms with van der Waals surface area (Å²) in [7, 11) is 1.94. The molecule has 0 bridgehead atoms. The molecule has 2 nitrogen and oxygen atoms in total. The fraction of sp³-hybridized carbons (Fsp3) is 0.148. The van der Waals surface area contributed by atoms with Crippen molar-refractivity contribution in [2.75, 3.05) is 12.4 Å². The molecule has 0 amide bonds. The zero-order valence-corrected chi connectivity index (χ0v) is 18.3. The molecule has 30 heavy (non-hydrogen) atoms. The van der Waals surface area contributed by atoms with Gasteiger partial charge in [-0.25, -0.2) is 0 Å². The van der Waals surface area contributed by atoms with Gasteiger partial charge >= 0.3 is 0 Å². The highest BCUT2D eigenvalue weighted by Crippen LogP contribution is 2.44. The van der Waals surface area contributed by atoms with Crippen molar-refractivity contribution in [1.29, 1.82) is 0 Å². The first kappa shape index (κ1) is 18.8. The highest BCUT2D eigenvalue weighted by molar-refractivity contribution is 7.16. The molecule has 1 aromatic heterocycles. The number of nitrogens with one attached hydrogen (secondary N) is 1. The lowest BCUT2D eigenvalue weighted by molar-refractivity contribution is 0.747. The van der Waals surface area contributed by atoms with E-state index in [-0.39, 0.29) is 5.41 Å². The molecule has 5 rings (SSSR count). The summed E-state index contributed by atoms with van der Waals surface area (Å²) in [5.74, 6) is 0. The van der Waals surface area contributed by atoms with Crippen LogP contribution >= 0.6 is 11.3 Å². The Labute approximate surface area is 181 Å². The Morgan fingerprint density at radius 2 is 1.67 bits per heavy atom. The number of rotatable bonds is 4. The Morgan fingerprint density at radius 1 is 0.867 bits per heavy atom. The molecule has 0 spiro atoms. The molecule has 148 valence electrons. The maximum atomic E-state index is 4.98. The van der Waals surface area contributed by atoms with Gasteiger partial charge in [-0.15, -0.1) is 11.3 Å². The van der Waals surface area contributed by atoms with Crippen LogP contribution in [-0.4, -0.2) is 12.8 Å². The molecular formula is C27H24N2S. The summed E-state index contributed by atoms with van der Waals surface area (Å²) in [6.07, 6.45) is 4.39. The lowest BCUT2D eigenvalue weighted by Crippen LogP contribution is -2.24. The van der Waals surface area contributed by atoms with Crippen molar-refractivity contribution in [2.24, 2.45) is 4.99 Å². The second-order valence-electron chi connectivity index (χ2n) is 8.17. The standard InChI is InChI=1S/C27H24N2S/c1-27(2)25(29-23-15-10-18-6-4-5-7-22(18)26(23)27)17-14-21-13-16-24(30-21)19-8-11-20(28-3)12-9-19/h4-17,28H,1-3H3. The van der Waals surface area contributed by atoms with Crippen LogP contribution in [0.15, 0.2) is 83.9 Å². The van der Waals surface area contributed by atoms with Gasteiger partial charge in [0.2, 0.25) is 0 Å². The molecule has 0 radical (unpaired) electrons. The van der Waals surface area contributed by atoms with Crippen molar-refractivity contribution in [2.45, 2.75) is 19.3 Å². The van der Waals surface area contributed by atoms with Gasteiger partial charge in [-0.1, -0.05) is 56.3 Å². The summed E-state index contributed by atoms with van der Waals surface area (Å²) in [5.41, 5.74) is 5.80. The molecule has 2 heterocycles. The fourth-order valence-corrected chi connectivity index (χ4v) is 5.13. The van der Waals surface area contributed by atoms with E-state index in [1.54, 1.807) is 0 Å². The quantitative estimate of drug-likeness (QED) is 0.368. The first-order valence-corrected chi connectivity index (χ1v) is 11.1. The lowest BCUT2D eigenvalue weighted by atomic mass is 9.79. The number of benzene rings is 3. The number of fused-ring (bicyclic) bond motifs is 3. The second kappa shape index (κ2) is 7.26. The summed E-state index contributed by atoms with van der Waals surface area (Å²) in [6, 6.07) is 25.9. The number of thiophene rings is 1. The van der Waals surface area contributed by atoms with E-state index in [0.29, 0.717) is 0 Å². The maximum absolute atomic E-state index is 4.98. The molecule has 1 N–H and O–H groups in total. The molecule has 0 unspecified atom stereocenters. The summed E-state index contributed by atoms with van der Waals surface area (Å²) in [6.45, 7) is 4.55. The summed E-state index contributed by atoms with van der Waals surface area (Å²) in [5, 5.41) is 5.74. The Balaban J connectivity index is 1.43. The minimum Gasteiger partial charge on any atom is -0.388 e. The van der Waals surface area contributed by atoms with Gasteiger partial charge < -0.3 is 5.32 Å². The van der Waals surface area contributed by atoms with Crippen molar-refractivity contribution in [3.63, 3.8) is 0 Å². The summed E-state index contributed by atoms with van der Waals surface area (Å²) >= 11 is 1.81. The van der Waals surface area contributed by atoms with E-state index in [2.05, 4.69) is 104 Å². The van der Waals surface area contributed by atoms with Gasteiger partial charge in [-0.05, 0) is 64.4 Å². The average Bonchev–Trinajstić information content (AvgIpc) is 3.34. The van der Waals surface area contributed by atoms with Crippen molar-refractivity contribution < 1.29 is 0 Å². The van der Waals surface area contributed by atoms with Gasteiger partial charge in [0.05, 0.1) is 11.4 Å². The second-order valence-corrected chi connectivity index (χ2v) is 9.28. The van der Waals surface area contributed by atoms with Gasteiger partial charge in [0.1, 0.15) is 0 Å². The molecule has 3 heteroatoms. The third-order valence-electron chi connectivity index (χ3n) is 5.90. The molecule has 3 aromatic carbocycles. The highest BCUT2D eigenvalue weighted by Gasteiger charge is 2.34. The molecule has 1 aliphatic heterocycles. The van der Waals surface area contributed by atoms with Crippen molar-refractivity contribution in [3.8, 4) is 10.4 Å². The van der Waals surface area contributed by atoms with E-state index in [1.165, 1.54) is 31.7 Å². The van der Waals surface area contributed by atoms with E-state index in [1.807, 2.05) is 18.4 Å². The normalized spacial score (nSPS) is 14.8. The Hall–Kier alpha value is -3.17.